The quantitative estimate of drug-likeness (QED) is 0.215. The van der Waals surface area contributed by atoms with Crippen LogP contribution < -0.4 is 103 Å². The van der Waals surface area contributed by atoms with Gasteiger partial charge in [-0.05, 0) is 6.42 Å². The third-order valence-corrected chi connectivity index (χ3v) is 0.644. The van der Waals surface area contributed by atoms with E-state index >= 15 is 0 Å². The normalized spacial score (nSPS) is 7.67. The zero-order chi connectivity index (χ0) is 10.0. The van der Waals surface area contributed by atoms with Crippen LogP contribution in [0.2, 0.25) is 0 Å². The summed E-state index contributed by atoms with van der Waals surface area (Å²) in [6.45, 7) is 0. The molecule has 0 spiro atoms. The van der Waals surface area contributed by atoms with Gasteiger partial charge < -0.3 is 28.8 Å². The molecule has 6 nitrogen and oxygen atoms in total. The van der Waals surface area contributed by atoms with Gasteiger partial charge >= 0.3 is 88.7 Å². The van der Waals surface area contributed by atoms with Gasteiger partial charge in [-0.1, -0.05) is 0 Å². The molecular formula is C5H8Na3O6P. The van der Waals surface area contributed by atoms with E-state index in [1.54, 1.807) is 0 Å². The molecule has 0 aliphatic heterocycles. The maximum Gasteiger partial charge on any atom is 1.00 e. The Morgan fingerprint density at radius 3 is 1.20 bits per heavy atom. The number of carbonyl (C=O) groups is 2. The maximum absolute atomic E-state index is 9.56. The van der Waals surface area contributed by atoms with E-state index in [1.165, 1.54) is 0 Å². The number of carbonyl (C=O) groups excluding carboxylic acids is 2. The smallest absolute Gasteiger partial charge is 0.822 e. The van der Waals surface area contributed by atoms with Gasteiger partial charge in [0.2, 0.25) is 0 Å². The van der Waals surface area contributed by atoms with Crippen LogP contribution >= 0.6 is 7.82 Å². The number of phosphoric acid groups is 1. The van der Waals surface area contributed by atoms with E-state index in [4.69, 9.17) is 19.2 Å². The molecule has 0 aliphatic rings. The van der Waals surface area contributed by atoms with E-state index in [0.717, 1.165) is 12.6 Å². The van der Waals surface area contributed by atoms with Crippen LogP contribution in [-0.4, -0.2) is 12.6 Å². The fourth-order valence-electron chi connectivity index (χ4n) is 0.285. The molecule has 10 heteroatoms. The Morgan fingerprint density at radius 2 is 1.07 bits per heavy atom. The SMILES string of the molecule is O=CCCCC=O.O=P([O-])([O-])[O-].[Na+].[Na+].[Na+]. The second-order valence-electron chi connectivity index (χ2n) is 1.71. The van der Waals surface area contributed by atoms with E-state index < -0.39 is 7.82 Å². The van der Waals surface area contributed by atoms with E-state index in [9.17, 15) is 9.59 Å². The third kappa shape index (κ3) is 82.6. The topological polar surface area (TPSA) is 120 Å². The molecule has 0 radical (unpaired) electrons. The van der Waals surface area contributed by atoms with Gasteiger partial charge in [-0.2, -0.15) is 7.82 Å². The van der Waals surface area contributed by atoms with Crippen molar-refractivity contribution < 1.29 is 118 Å². The van der Waals surface area contributed by atoms with E-state index in [1.807, 2.05) is 0 Å². The molecule has 72 valence electrons. The van der Waals surface area contributed by atoms with Gasteiger partial charge in [0.15, 0.2) is 0 Å². The number of unbranched alkanes of at least 4 members (excludes halogenated alkanes) is 2. The van der Waals surface area contributed by atoms with Gasteiger partial charge in [0.05, 0.1) is 0 Å². The van der Waals surface area contributed by atoms with Gasteiger partial charge in [0.25, 0.3) is 0 Å². The molecule has 0 unspecified atom stereocenters. The molecule has 0 saturated carbocycles. The van der Waals surface area contributed by atoms with E-state index in [-0.39, 0.29) is 88.7 Å². The molecule has 0 aromatic carbocycles. The Balaban J connectivity index is -0.0000000383. The summed E-state index contributed by atoms with van der Waals surface area (Å²) in [4.78, 5) is 44.8. The fraction of sp³-hybridized carbons (Fsp3) is 0.600. The first-order valence-corrected chi connectivity index (χ1v) is 4.48. The van der Waals surface area contributed by atoms with Crippen LogP contribution in [-0.2, 0) is 14.2 Å². The molecule has 0 aromatic rings. The van der Waals surface area contributed by atoms with Gasteiger partial charge in [-0.25, -0.2) is 0 Å². The average Bonchev–Trinajstić information content (AvgIpc) is 1.85. The molecule has 0 amide bonds. The van der Waals surface area contributed by atoms with Crippen LogP contribution in [0.4, 0.5) is 0 Å². The van der Waals surface area contributed by atoms with Crippen LogP contribution in [0.25, 0.3) is 0 Å². The zero-order valence-electron chi connectivity index (χ0n) is 9.17. The number of hydrogen-bond donors (Lipinski definition) is 0. The van der Waals surface area contributed by atoms with E-state index in [0.29, 0.717) is 19.3 Å². The third-order valence-electron chi connectivity index (χ3n) is 0.644. The predicted octanol–water partition coefficient (Wildman–Crippen LogP) is -11.3. The first kappa shape index (κ1) is 30.5. The fourth-order valence-corrected chi connectivity index (χ4v) is 0.285. The van der Waals surface area contributed by atoms with Crippen molar-refractivity contribution in [1.29, 1.82) is 0 Å². The Hall–Kier alpha value is 2.45. The van der Waals surface area contributed by atoms with Crippen molar-refractivity contribution in [1.82, 2.24) is 0 Å². The molecule has 15 heavy (non-hydrogen) atoms. The monoisotopic (exact) mass is 264 g/mol. The molecule has 0 aromatic heterocycles. The van der Waals surface area contributed by atoms with Crippen molar-refractivity contribution in [2.75, 3.05) is 0 Å². The van der Waals surface area contributed by atoms with Crippen LogP contribution in [0.1, 0.15) is 19.3 Å². The predicted molar refractivity (Wildman–Crippen MR) is 33.6 cm³/mol. The second kappa shape index (κ2) is 21.7. The van der Waals surface area contributed by atoms with Crippen LogP contribution in [0.5, 0.6) is 0 Å². The summed E-state index contributed by atoms with van der Waals surface area (Å²) >= 11 is 0. The van der Waals surface area contributed by atoms with Gasteiger partial charge in [0, 0.05) is 12.8 Å². The van der Waals surface area contributed by atoms with Crippen LogP contribution in [0.15, 0.2) is 0 Å². The maximum atomic E-state index is 9.56. The van der Waals surface area contributed by atoms with Gasteiger partial charge in [-0.15, -0.1) is 0 Å². The summed E-state index contributed by atoms with van der Waals surface area (Å²) in [6, 6.07) is 0. The molecule has 0 bridgehead atoms. The Bertz CT molecular complexity index is 156. The van der Waals surface area contributed by atoms with Crippen LogP contribution in [0, 0.1) is 0 Å². The molecule has 0 aliphatic carbocycles. The average molecular weight is 264 g/mol. The summed E-state index contributed by atoms with van der Waals surface area (Å²) in [5.41, 5.74) is 0. The molecule has 0 N–H and O–H groups in total. The van der Waals surface area contributed by atoms with Crippen molar-refractivity contribution in [3.05, 3.63) is 0 Å². The summed E-state index contributed by atoms with van der Waals surface area (Å²) in [7, 11) is -5.39. The largest absolute Gasteiger partial charge is 1.00 e. The van der Waals surface area contributed by atoms with Gasteiger partial charge in [-0.3, -0.25) is 0 Å². The van der Waals surface area contributed by atoms with Crippen molar-refractivity contribution >= 4 is 20.4 Å². The number of hydrogen-bond acceptors (Lipinski definition) is 6. The van der Waals surface area contributed by atoms with Gasteiger partial charge in [0.1, 0.15) is 12.6 Å². The number of rotatable bonds is 4. The molecular weight excluding hydrogens is 256 g/mol. The number of aldehydes is 2. The van der Waals surface area contributed by atoms with Crippen LogP contribution in [0.3, 0.4) is 0 Å². The molecule has 0 saturated heterocycles. The summed E-state index contributed by atoms with van der Waals surface area (Å²) in [5.74, 6) is 0. The molecule has 0 atom stereocenters. The van der Waals surface area contributed by atoms with Crippen molar-refractivity contribution in [3.63, 3.8) is 0 Å². The Morgan fingerprint density at radius 1 is 0.867 bits per heavy atom. The summed E-state index contributed by atoms with van der Waals surface area (Å²) in [6.07, 6.45) is 3.37. The zero-order valence-corrected chi connectivity index (χ0v) is 16.1. The minimum absolute atomic E-state index is 0. The molecule has 0 rings (SSSR count). The first-order chi connectivity index (χ1) is 5.41. The first-order valence-electron chi connectivity index (χ1n) is 3.02. The Labute approximate surface area is 155 Å². The van der Waals surface area contributed by atoms with E-state index in [2.05, 4.69) is 0 Å². The standard InChI is InChI=1S/C5H8O2.3Na.H3O4P/c6-4-2-1-3-5-7;;;;1-5(2,3)4/h4-5H,1-3H2;;;;(H3,1,2,3,4)/q;3*+1;/p-3. The molecule has 0 heterocycles. The summed E-state index contributed by atoms with van der Waals surface area (Å²) < 4.78 is 8.55. The van der Waals surface area contributed by atoms with Crippen molar-refractivity contribution in [3.8, 4) is 0 Å². The summed E-state index contributed by atoms with van der Waals surface area (Å²) in [5, 5.41) is 0. The Kier molecular flexibility index (Phi) is 44.1. The minimum atomic E-state index is -5.39. The molecule has 0 fully saturated rings. The van der Waals surface area contributed by atoms with Crippen molar-refractivity contribution in [2.24, 2.45) is 0 Å². The second-order valence-corrected chi connectivity index (χ2v) is 2.61. The minimum Gasteiger partial charge on any atom is -0.822 e. The van der Waals surface area contributed by atoms with Crippen molar-refractivity contribution in [2.45, 2.75) is 19.3 Å².